The first kappa shape index (κ1) is 11.6. The average Bonchev–Trinajstić information content (AvgIpc) is 2.28. The summed E-state index contributed by atoms with van der Waals surface area (Å²) in [6.07, 6.45) is 1.92. The standard InChI is InChI=1S/C13H17N3O/c1-8-3-5-10-9(2)4-6-12(11(10)7-8)15-16-13(14)17/h3,5,7,9H,4,6H2,1-2H3,(H3,14,16,17). The van der Waals surface area contributed by atoms with Gasteiger partial charge in [0, 0.05) is 5.56 Å². The Morgan fingerprint density at radius 2 is 2.29 bits per heavy atom. The number of carbonyl (C=O) groups excluding carboxylic acids is 1. The van der Waals surface area contributed by atoms with Crippen molar-refractivity contribution in [1.82, 2.24) is 5.43 Å². The Hall–Kier alpha value is -1.84. The minimum absolute atomic E-state index is 0.540. The van der Waals surface area contributed by atoms with Crippen molar-refractivity contribution in [3.8, 4) is 0 Å². The second kappa shape index (κ2) is 4.57. The van der Waals surface area contributed by atoms with Crippen molar-refractivity contribution in [2.75, 3.05) is 0 Å². The van der Waals surface area contributed by atoms with Crippen LogP contribution in [0.15, 0.2) is 23.3 Å². The number of carbonyl (C=O) groups is 1. The number of hydrazone groups is 1. The van der Waals surface area contributed by atoms with Crippen LogP contribution in [0.25, 0.3) is 0 Å². The number of benzene rings is 1. The lowest BCUT2D eigenvalue weighted by Gasteiger charge is -2.24. The van der Waals surface area contributed by atoms with Crippen molar-refractivity contribution >= 4 is 11.7 Å². The van der Waals surface area contributed by atoms with Crippen molar-refractivity contribution in [1.29, 1.82) is 0 Å². The van der Waals surface area contributed by atoms with Crippen molar-refractivity contribution in [3.63, 3.8) is 0 Å². The Bertz CT molecular complexity index is 480. The predicted molar refractivity (Wildman–Crippen MR) is 68.1 cm³/mol. The zero-order valence-electron chi connectivity index (χ0n) is 10.2. The molecule has 1 aliphatic rings. The van der Waals surface area contributed by atoms with Gasteiger partial charge in [0.15, 0.2) is 0 Å². The van der Waals surface area contributed by atoms with Crippen LogP contribution in [0.4, 0.5) is 4.79 Å². The molecule has 0 saturated carbocycles. The van der Waals surface area contributed by atoms with E-state index in [0.717, 1.165) is 24.1 Å². The Morgan fingerprint density at radius 3 is 3.00 bits per heavy atom. The van der Waals surface area contributed by atoms with Crippen LogP contribution in [0.3, 0.4) is 0 Å². The van der Waals surface area contributed by atoms with Gasteiger partial charge >= 0.3 is 6.03 Å². The smallest absolute Gasteiger partial charge is 0.332 e. The van der Waals surface area contributed by atoms with Crippen LogP contribution >= 0.6 is 0 Å². The van der Waals surface area contributed by atoms with E-state index < -0.39 is 6.03 Å². The first-order valence-corrected chi connectivity index (χ1v) is 5.81. The van der Waals surface area contributed by atoms with Crippen LogP contribution in [0.5, 0.6) is 0 Å². The Labute approximate surface area is 101 Å². The molecule has 2 rings (SSSR count). The van der Waals surface area contributed by atoms with Crippen molar-refractivity contribution in [2.24, 2.45) is 10.8 Å². The third kappa shape index (κ3) is 2.46. The van der Waals surface area contributed by atoms with E-state index in [9.17, 15) is 4.79 Å². The molecular weight excluding hydrogens is 214 g/mol. The summed E-state index contributed by atoms with van der Waals surface area (Å²) in [6, 6.07) is 5.76. The van der Waals surface area contributed by atoms with Gasteiger partial charge in [-0.25, -0.2) is 10.2 Å². The van der Waals surface area contributed by atoms with E-state index in [1.165, 1.54) is 11.1 Å². The number of nitrogens with zero attached hydrogens (tertiary/aromatic N) is 1. The van der Waals surface area contributed by atoms with Crippen molar-refractivity contribution < 1.29 is 4.79 Å². The third-order valence-electron chi connectivity index (χ3n) is 3.17. The molecule has 0 heterocycles. The maximum Gasteiger partial charge on any atom is 0.332 e. The van der Waals surface area contributed by atoms with E-state index in [1.807, 2.05) is 0 Å². The lowest BCUT2D eigenvalue weighted by molar-refractivity contribution is 0.249. The van der Waals surface area contributed by atoms with E-state index >= 15 is 0 Å². The van der Waals surface area contributed by atoms with Crippen LogP contribution < -0.4 is 11.2 Å². The molecule has 2 amide bonds. The number of nitrogens with two attached hydrogens (primary N) is 1. The van der Waals surface area contributed by atoms with Gasteiger partial charge in [-0.05, 0) is 37.3 Å². The van der Waals surface area contributed by atoms with Gasteiger partial charge in [-0.1, -0.05) is 24.6 Å². The zero-order valence-corrected chi connectivity index (χ0v) is 10.2. The molecule has 1 aromatic rings. The fraction of sp³-hybridized carbons (Fsp3) is 0.385. The average molecular weight is 231 g/mol. The number of primary amides is 1. The Kier molecular flexibility index (Phi) is 3.13. The van der Waals surface area contributed by atoms with Gasteiger partial charge in [0.25, 0.3) is 0 Å². The molecule has 0 radical (unpaired) electrons. The molecule has 90 valence electrons. The molecule has 0 saturated heterocycles. The molecule has 3 N–H and O–H groups in total. The third-order valence-corrected chi connectivity index (χ3v) is 3.17. The maximum absolute atomic E-state index is 10.7. The van der Waals surface area contributed by atoms with Crippen molar-refractivity contribution in [2.45, 2.75) is 32.6 Å². The quantitative estimate of drug-likeness (QED) is 0.715. The Morgan fingerprint density at radius 1 is 1.53 bits per heavy atom. The number of aryl methyl sites for hydroxylation is 1. The van der Waals surface area contributed by atoms with Gasteiger partial charge in [-0.2, -0.15) is 5.10 Å². The highest BCUT2D eigenvalue weighted by Gasteiger charge is 2.21. The minimum Gasteiger partial charge on any atom is -0.350 e. The highest BCUT2D eigenvalue weighted by atomic mass is 16.2. The molecule has 0 bridgehead atoms. The summed E-state index contributed by atoms with van der Waals surface area (Å²) >= 11 is 0. The molecular formula is C13H17N3O. The van der Waals surface area contributed by atoms with Gasteiger partial charge in [0.05, 0.1) is 5.71 Å². The predicted octanol–water partition coefficient (Wildman–Crippen LogP) is 2.26. The summed E-state index contributed by atoms with van der Waals surface area (Å²) in [5.74, 6) is 0.540. The summed E-state index contributed by atoms with van der Waals surface area (Å²) in [4.78, 5) is 10.7. The summed E-state index contributed by atoms with van der Waals surface area (Å²) in [7, 11) is 0. The Balaban J connectivity index is 2.40. The number of urea groups is 1. The SMILES string of the molecule is Cc1ccc2c(c1)C(=NNC(N)=O)CCC2C. The zero-order chi connectivity index (χ0) is 12.4. The monoisotopic (exact) mass is 231 g/mol. The fourth-order valence-electron chi connectivity index (χ4n) is 2.23. The summed E-state index contributed by atoms with van der Waals surface area (Å²) < 4.78 is 0. The van der Waals surface area contributed by atoms with Gasteiger partial charge in [0.2, 0.25) is 0 Å². The van der Waals surface area contributed by atoms with E-state index in [2.05, 4.69) is 42.6 Å². The first-order chi connectivity index (χ1) is 8.08. The van der Waals surface area contributed by atoms with E-state index in [-0.39, 0.29) is 0 Å². The topological polar surface area (TPSA) is 67.5 Å². The largest absolute Gasteiger partial charge is 0.350 e. The van der Waals surface area contributed by atoms with Crippen LogP contribution in [0.1, 0.15) is 42.4 Å². The minimum atomic E-state index is -0.620. The van der Waals surface area contributed by atoms with E-state index in [4.69, 9.17) is 5.73 Å². The molecule has 17 heavy (non-hydrogen) atoms. The highest BCUT2D eigenvalue weighted by Crippen LogP contribution is 2.31. The normalized spacial score (nSPS) is 21.1. The van der Waals surface area contributed by atoms with Crippen LogP contribution in [-0.2, 0) is 0 Å². The number of amides is 2. The molecule has 1 atom stereocenters. The number of rotatable bonds is 1. The van der Waals surface area contributed by atoms with E-state index in [0.29, 0.717) is 5.92 Å². The molecule has 0 fully saturated rings. The molecule has 1 aliphatic carbocycles. The lowest BCUT2D eigenvalue weighted by Crippen LogP contribution is -2.27. The molecule has 4 heteroatoms. The summed E-state index contributed by atoms with van der Waals surface area (Å²) in [5.41, 5.74) is 11.9. The van der Waals surface area contributed by atoms with Crippen LogP contribution in [-0.4, -0.2) is 11.7 Å². The lowest BCUT2D eigenvalue weighted by atomic mass is 9.82. The number of fused-ring (bicyclic) bond motifs is 1. The second-order valence-electron chi connectivity index (χ2n) is 4.56. The van der Waals surface area contributed by atoms with Gasteiger partial charge in [-0.15, -0.1) is 0 Å². The molecule has 0 spiro atoms. The fourth-order valence-corrected chi connectivity index (χ4v) is 2.23. The molecule has 1 aromatic carbocycles. The van der Waals surface area contributed by atoms with Gasteiger partial charge < -0.3 is 5.73 Å². The van der Waals surface area contributed by atoms with Crippen molar-refractivity contribution in [3.05, 3.63) is 34.9 Å². The summed E-state index contributed by atoms with van der Waals surface area (Å²) in [5, 5.41) is 4.09. The second-order valence-corrected chi connectivity index (χ2v) is 4.56. The number of nitrogens with one attached hydrogen (secondary N) is 1. The number of hydrogen-bond acceptors (Lipinski definition) is 2. The summed E-state index contributed by atoms with van der Waals surface area (Å²) in [6.45, 7) is 4.27. The molecule has 4 nitrogen and oxygen atoms in total. The van der Waals surface area contributed by atoms with Crippen LogP contribution in [0.2, 0.25) is 0 Å². The van der Waals surface area contributed by atoms with Gasteiger partial charge in [0.1, 0.15) is 0 Å². The first-order valence-electron chi connectivity index (χ1n) is 5.81. The van der Waals surface area contributed by atoms with Crippen LogP contribution in [0, 0.1) is 6.92 Å². The molecule has 1 unspecified atom stereocenters. The number of hydrogen-bond donors (Lipinski definition) is 2. The molecule has 0 aromatic heterocycles. The van der Waals surface area contributed by atoms with E-state index in [1.54, 1.807) is 0 Å². The maximum atomic E-state index is 10.7. The highest BCUT2D eigenvalue weighted by molar-refractivity contribution is 6.03. The van der Waals surface area contributed by atoms with Gasteiger partial charge in [-0.3, -0.25) is 0 Å². The molecule has 0 aliphatic heterocycles.